The number of benzene rings is 4. The van der Waals surface area contributed by atoms with E-state index in [0.29, 0.717) is 74.9 Å². The van der Waals surface area contributed by atoms with Crippen LogP contribution in [0.3, 0.4) is 0 Å². The van der Waals surface area contributed by atoms with E-state index in [4.69, 9.17) is 0 Å². The summed E-state index contributed by atoms with van der Waals surface area (Å²) < 4.78 is 3.06. The molecule has 6 aromatic rings. The Hall–Kier alpha value is -11.2. The van der Waals surface area contributed by atoms with Crippen molar-refractivity contribution in [1.82, 2.24) is 90.0 Å². The van der Waals surface area contributed by atoms with Crippen molar-refractivity contribution < 1.29 is 88.8 Å². The topological polar surface area (TPSA) is 468 Å². The van der Waals surface area contributed by atoms with Crippen LogP contribution in [0.1, 0.15) is 116 Å². The second-order valence-electron chi connectivity index (χ2n) is 28.4. The van der Waals surface area contributed by atoms with E-state index in [1.165, 1.54) is 36.0 Å². The Morgan fingerprint density at radius 3 is 1.20 bits per heavy atom. The number of phenols is 4. The molecule has 2 aromatic heterocycles. The van der Waals surface area contributed by atoms with Gasteiger partial charge in [0.1, 0.15) is 35.1 Å². The number of amides is 6. The molecular formula is C75H100N18O18. The highest BCUT2D eigenvalue weighted by molar-refractivity contribution is 5.95. The third-order valence-electron chi connectivity index (χ3n) is 19.8. The summed E-state index contributed by atoms with van der Waals surface area (Å²) in [7, 11) is 0. The van der Waals surface area contributed by atoms with Gasteiger partial charge in [-0.2, -0.15) is 0 Å². The van der Waals surface area contributed by atoms with Crippen LogP contribution in [-0.4, -0.2) is 325 Å². The number of carboxylic acids is 4. The molecule has 111 heavy (non-hydrogen) atoms. The second kappa shape index (κ2) is 38.9. The summed E-state index contributed by atoms with van der Waals surface area (Å²) in [4.78, 5) is 146. The van der Waals surface area contributed by atoms with Gasteiger partial charge < -0.3 is 71.9 Å². The molecule has 12 N–H and O–H groups in total. The fourth-order valence-electron chi connectivity index (χ4n) is 13.8. The largest absolute Gasteiger partial charge is 0.508 e. The SMILES string of the molecule is CCNC(=O)c1nnc(-c2cc(C(C)C)c(O)cc2O)n1-c1ccc(CN2CCN(C(=O)CNC(=O)[C@H](CC(=O)N3CCN(Cc4ccc(-n5c(C(=O)NCC)nnc5-c5cc(C(C)C)c(O)cc5O)cc4)CC3)NC(=O)CC[C@H](C(=O)O)N3CCN(CC(=O)O)CCN(CC(=O)O)CCN(CC(=O)O)CC3)CC2)cc1. The van der Waals surface area contributed by atoms with E-state index in [2.05, 4.69) is 51.5 Å². The molecule has 9 rings (SSSR count). The van der Waals surface area contributed by atoms with Gasteiger partial charge in [0.15, 0.2) is 11.6 Å². The van der Waals surface area contributed by atoms with Crippen LogP contribution in [0, 0.1) is 0 Å². The van der Waals surface area contributed by atoms with Gasteiger partial charge in [0.2, 0.25) is 35.3 Å². The minimum Gasteiger partial charge on any atom is -0.508 e. The zero-order valence-corrected chi connectivity index (χ0v) is 63.3. The first-order chi connectivity index (χ1) is 53.0. The van der Waals surface area contributed by atoms with Crippen molar-refractivity contribution in [2.24, 2.45) is 0 Å². The van der Waals surface area contributed by atoms with E-state index in [1.54, 1.807) is 64.9 Å². The van der Waals surface area contributed by atoms with Crippen molar-refractivity contribution in [1.29, 1.82) is 0 Å². The van der Waals surface area contributed by atoms with Gasteiger partial charge in [-0.1, -0.05) is 52.0 Å². The lowest BCUT2D eigenvalue weighted by Crippen LogP contribution is -2.55. The van der Waals surface area contributed by atoms with Gasteiger partial charge in [0, 0.05) is 161 Å². The predicted molar refractivity (Wildman–Crippen MR) is 402 cm³/mol. The monoisotopic (exact) mass is 1540 g/mol. The first-order valence-electron chi connectivity index (χ1n) is 37.1. The third kappa shape index (κ3) is 22.5. The number of carbonyl (C=O) groups is 10. The Kier molecular flexibility index (Phi) is 29.4. The summed E-state index contributed by atoms with van der Waals surface area (Å²) in [5.41, 5.74) is 4.40. The van der Waals surface area contributed by atoms with Crippen molar-refractivity contribution in [2.75, 3.05) is 144 Å². The van der Waals surface area contributed by atoms with E-state index >= 15 is 0 Å². The maximum Gasteiger partial charge on any atom is 0.320 e. The van der Waals surface area contributed by atoms with Crippen LogP contribution >= 0.6 is 0 Å². The summed E-state index contributed by atoms with van der Waals surface area (Å²) >= 11 is 0. The van der Waals surface area contributed by atoms with Crippen LogP contribution in [-0.2, 0) is 51.4 Å². The molecule has 36 nitrogen and oxygen atoms in total. The zero-order chi connectivity index (χ0) is 80.3. The van der Waals surface area contributed by atoms with Crippen molar-refractivity contribution in [3.05, 3.63) is 107 Å². The Balaban J connectivity index is 0.863. The predicted octanol–water partition coefficient (Wildman–Crippen LogP) is 1.44. The number of aromatic nitrogens is 6. The van der Waals surface area contributed by atoms with E-state index in [-0.39, 0.29) is 161 Å². The molecule has 0 aliphatic carbocycles. The molecule has 0 bridgehead atoms. The van der Waals surface area contributed by atoms with Crippen LogP contribution in [0.25, 0.3) is 34.2 Å². The maximum atomic E-state index is 14.4. The highest BCUT2D eigenvalue weighted by Gasteiger charge is 2.35. The Morgan fingerprint density at radius 2 is 0.829 bits per heavy atom. The molecule has 0 spiro atoms. The molecule has 3 aliphatic rings. The maximum absolute atomic E-state index is 14.4. The molecule has 5 heterocycles. The highest BCUT2D eigenvalue weighted by Crippen LogP contribution is 2.40. The quantitative estimate of drug-likeness (QED) is 0.0293. The van der Waals surface area contributed by atoms with Crippen molar-refractivity contribution >= 4 is 59.3 Å². The number of aliphatic carboxylic acids is 4. The van der Waals surface area contributed by atoms with Crippen LogP contribution in [0.5, 0.6) is 23.0 Å². The van der Waals surface area contributed by atoms with Gasteiger partial charge in [0.25, 0.3) is 11.8 Å². The number of carbonyl (C=O) groups excluding carboxylic acids is 6. The highest BCUT2D eigenvalue weighted by atomic mass is 16.4. The number of hydrogen-bond donors (Lipinski definition) is 12. The van der Waals surface area contributed by atoms with Gasteiger partial charge in [-0.05, 0) is 90.8 Å². The van der Waals surface area contributed by atoms with Gasteiger partial charge in [-0.3, -0.25) is 86.5 Å². The first-order valence-corrected chi connectivity index (χ1v) is 37.1. The summed E-state index contributed by atoms with van der Waals surface area (Å²) in [5.74, 6) is -9.13. The summed E-state index contributed by atoms with van der Waals surface area (Å²) in [6.07, 6.45) is -1.40. The number of aromatic hydroxyl groups is 4. The number of carboxylic acid groups (broad SMARTS) is 4. The zero-order valence-electron chi connectivity index (χ0n) is 63.3. The van der Waals surface area contributed by atoms with E-state index < -0.39 is 104 Å². The lowest BCUT2D eigenvalue weighted by molar-refractivity contribution is -0.145. The first kappa shape index (κ1) is 83.9. The van der Waals surface area contributed by atoms with Crippen LogP contribution in [0.15, 0.2) is 72.8 Å². The lowest BCUT2D eigenvalue weighted by Gasteiger charge is -2.36. The fourth-order valence-corrected chi connectivity index (χ4v) is 13.8. The Labute approximate surface area is 641 Å². The summed E-state index contributed by atoms with van der Waals surface area (Å²) in [5, 5.41) is 111. The molecule has 6 amide bonds. The van der Waals surface area contributed by atoms with Crippen LogP contribution < -0.4 is 21.3 Å². The number of rotatable bonds is 31. The van der Waals surface area contributed by atoms with Gasteiger partial charge in [-0.15, -0.1) is 20.4 Å². The lowest BCUT2D eigenvalue weighted by atomic mass is 9.98. The smallest absolute Gasteiger partial charge is 0.320 e. The van der Waals surface area contributed by atoms with Crippen LogP contribution in [0.2, 0.25) is 0 Å². The number of nitrogens with one attached hydrogen (secondary N) is 4. The van der Waals surface area contributed by atoms with Gasteiger partial charge >= 0.3 is 23.9 Å². The summed E-state index contributed by atoms with van der Waals surface area (Å²) in [6, 6.07) is 17.4. The molecule has 3 fully saturated rings. The molecule has 598 valence electrons. The molecule has 0 unspecified atom stereocenters. The molecular weight excluding hydrogens is 1440 g/mol. The van der Waals surface area contributed by atoms with E-state index in [0.717, 1.165) is 11.1 Å². The molecule has 2 atom stereocenters. The van der Waals surface area contributed by atoms with Gasteiger partial charge in [0.05, 0.1) is 43.7 Å². The minimum absolute atomic E-state index is 0.00275. The average molecular weight is 1540 g/mol. The molecule has 3 saturated heterocycles. The molecule has 36 heteroatoms. The minimum atomic E-state index is -1.55. The van der Waals surface area contributed by atoms with Crippen LogP contribution in [0.4, 0.5) is 0 Å². The Bertz CT molecular complexity index is 4270. The molecule has 4 aromatic carbocycles. The normalized spacial score (nSPS) is 16.1. The average Bonchev–Trinajstić information content (AvgIpc) is 1.68. The van der Waals surface area contributed by atoms with E-state index in [9.17, 15) is 88.8 Å². The van der Waals surface area contributed by atoms with Crippen molar-refractivity contribution in [3.8, 4) is 57.1 Å². The standard InChI is InChI=1S/C75H100N18O18/c1-7-76-73(108)70-82-80-68(54-35-52(46(3)4)58(94)38-60(54)96)92(70)50-13-9-48(10-14-50)41-84-25-31-90(32-26-84)63(99)37-56(79-62(98)18-17-57(75(110)111)89-29-23-87(44-66(103)104)21-19-86(43-65(101)102)20-22-88(24-30-89)45-67(105)106)72(107)78-40-64(100)91-33-27-85(28-34-91)42-49-11-15-51(16-12-49)93-69(81-83-71(93)74(109)77-8-2)55-36-53(47(5)6)59(95)39-61(55)97/h9-16,35-36,38-39,46-47,56-57,94-97H,7-8,17-34,37,40-45H2,1-6H3,(H,76,108)(H,77,109)(H,78,107)(H,79,98)(H,101,102)(H,103,104)(H,105,106)(H,110,111)/t56-,57+/m0/s1. The number of hydrogen-bond acceptors (Lipinski definition) is 24. The van der Waals surface area contributed by atoms with Crippen molar-refractivity contribution in [2.45, 2.75) is 97.8 Å². The number of nitrogens with zero attached hydrogens (tertiary/aromatic N) is 14. The Morgan fingerprint density at radius 1 is 0.450 bits per heavy atom. The third-order valence-corrected chi connectivity index (χ3v) is 19.8. The second-order valence-corrected chi connectivity index (χ2v) is 28.4. The molecule has 0 saturated carbocycles. The molecule has 0 radical (unpaired) electrons. The fraction of sp³-hybridized carbons (Fsp3) is 0.493. The number of piperazine rings is 2. The van der Waals surface area contributed by atoms with Gasteiger partial charge in [-0.25, -0.2) is 0 Å². The number of phenolic OH excluding ortho intramolecular Hbond substituents is 4. The summed E-state index contributed by atoms with van der Waals surface area (Å²) in [6.45, 7) is 13.7. The van der Waals surface area contributed by atoms with E-state index in [1.807, 2.05) is 52.0 Å². The molecule has 3 aliphatic heterocycles. The van der Waals surface area contributed by atoms with Crippen molar-refractivity contribution in [3.63, 3.8) is 0 Å².